The van der Waals surface area contributed by atoms with E-state index < -0.39 is 0 Å². The van der Waals surface area contributed by atoms with Gasteiger partial charge in [0.1, 0.15) is 11.5 Å². The Labute approximate surface area is 142 Å². The van der Waals surface area contributed by atoms with Crippen LogP contribution in [0.1, 0.15) is 18.4 Å². The molecule has 2 nitrogen and oxygen atoms in total. The molecule has 1 aliphatic rings. The normalized spacial score (nSPS) is 14.2. The number of ether oxygens (including phenoxy) is 1. The lowest BCUT2D eigenvalue weighted by Crippen LogP contribution is -2.15. The minimum atomic E-state index is 0.638. The highest BCUT2D eigenvalue weighted by Crippen LogP contribution is 2.34. The van der Waals surface area contributed by atoms with Gasteiger partial charge in [-0.1, -0.05) is 23.2 Å². The van der Waals surface area contributed by atoms with Gasteiger partial charge in [-0.05, 0) is 65.2 Å². The first-order chi connectivity index (χ1) is 10.1. The van der Waals surface area contributed by atoms with Crippen LogP contribution in [0.25, 0.3) is 0 Å². The van der Waals surface area contributed by atoms with Crippen molar-refractivity contribution in [2.45, 2.75) is 25.4 Å². The molecule has 0 saturated heterocycles. The molecule has 0 unspecified atom stereocenters. The quantitative estimate of drug-likeness (QED) is 0.700. The molecule has 1 aliphatic carbocycles. The first kappa shape index (κ1) is 15.2. The van der Waals surface area contributed by atoms with Crippen LogP contribution in [0.3, 0.4) is 0 Å². The van der Waals surface area contributed by atoms with Crippen molar-refractivity contribution >= 4 is 39.1 Å². The fourth-order valence-electron chi connectivity index (χ4n) is 2.00. The van der Waals surface area contributed by atoms with Crippen molar-refractivity contribution in [3.63, 3.8) is 0 Å². The van der Waals surface area contributed by atoms with Crippen LogP contribution in [0.2, 0.25) is 10.0 Å². The fourth-order valence-corrected chi connectivity index (χ4v) is 2.96. The number of halogens is 3. The van der Waals surface area contributed by atoms with Crippen LogP contribution in [0.5, 0.6) is 11.5 Å². The third kappa shape index (κ3) is 4.13. The smallest absolute Gasteiger partial charge is 0.141 e. The molecule has 0 radical (unpaired) electrons. The summed E-state index contributed by atoms with van der Waals surface area (Å²) in [6, 6.07) is 11.8. The monoisotopic (exact) mass is 385 g/mol. The van der Waals surface area contributed by atoms with Crippen LogP contribution in [0, 0.1) is 0 Å². The van der Waals surface area contributed by atoms with Crippen LogP contribution in [0.15, 0.2) is 40.9 Å². The van der Waals surface area contributed by atoms with Crippen LogP contribution in [-0.4, -0.2) is 6.04 Å². The van der Waals surface area contributed by atoms with Crippen molar-refractivity contribution in [2.24, 2.45) is 0 Å². The number of hydrogen-bond acceptors (Lipinski definition) is 2. The maximum Gasteiger partial charge on any atom is 0.141 e. The molecule has 2 aromatic carbocycles. The minimum absolute atomic E-state index is 0.638. The third-order valence-corrected chi connectivity index (χ3v) is 4.38. The summed E-state index contributed by atoms with van der Waals surface area (Å²) in [5, 5.41) is 4.86. The van der Waals surface area contributed by atoms with Gasteiger partial charge in [-0.2, -0.15) is 0 Å². The average molecular weight is 387 g/mol. The van der Waals surface area contributed by atoms with E-state index in [4.69, 9.17) is 27.9 Å². The van der Waals surface area contributed by atoms with E-state index in [9.17, 15) is 0 Å². The molecule has 5 heteroatoms. The van der Waals surface area contributed by atoms with E-state index in [0.717, 1.165) is 28.1 Å². The van der Waals surface area contributed by atoms with E-state index in [1.165, 1.54) is 12.8 Å². The summed E-state index contributed by atoms with van der Waals surface area (Å²) in [5.41, 5.74) is 1.05. The Morgan fingerprint density at radius 1 is 1.05 bits per heavy atom. The Bertz CT molecular complexity index is 659. The summed E-state index contributed by atoms with van der Waals surface area (Å²) < 4.78 is 6.82. The van der Waals surface area contributed by atoms with Gasteiger partial charge in [-0.25, -0.2) is 0 Å². The molecule has 1 fully saturated rings. The molecule has 3 rings (SSSR count). The summed E-state index contributed by atoms with van der Waals surface area (Å²) in [7, 11) is 0. The maximum absolute atomic E-state index is 6.09. The minimum Gasteiger partial charge on any atom is -0.456 e. The molecule has 2 aromatic rings. The summed E-state index contributed by atoms with van der Waals surface area (Å²) in [5.74, 6) is 1.53. The first-order valence-corrected chi connectivity index (χ1v) is 8.31. The van der Waals surface area contributed by atoms with Gasteiger partial charge in [0.25, 0.3) is 0 Å². The molecule has 0 spiro atoms. The van der Waals surface area contributed by atoms with Crippen molar-refractivity contribution in [1.29, 1.82) is 0 Å². The second-order valence-electron chi connectivity index (χ2n) is 5.08. The van der Waals surface area contributed by atoms with E-state index in [-0.39, 0.29) is 0 Å². The highest BCUT2D eigenvalue weighted by atomic mass is 79.9. The van der Waals surface area contributed by atoms with Crippen LogP contribution in [0.4, 0.5) is 0 Å². The zero-order chi connectivity index (χ0) is 14.8. The van der Waals surface area contributed by atoms with E-state index in [1.807, 2.05) is 30.3 Å². The predicted octanol–water partition coefficient (Wildman–Crippen LogP) is 5.80. The molecule has 0 heterocycles. The average Bonchev–Trinajstić information content (AvgIpc) is 3.26. The summed E-state index contributed by atoms with van der Waals surface area (Å²) >= 11 is 15.5. The van der Waals surface area contributed by atoms with Crippen molar-refractivity contribution < 1.29 is 4.74 Å². The van der Waals surface area contributed by atoms with E-state index in [0.29, 0.717) is 16.1 Å². The van der Waals surface area contributed by atoms with Crippen LogP contribution >= 0.6 is 39.1 Å². The summed E-state index contributed by atoms with van der Waals surface area (Å²) in [6.45, 7) is 0.756. The molecular formula is C16H14BrCl2NO. The zero-order valence-corrected chi connectivity index (χ0v) is 14.3. The lowest BCUT2D eigenvalue weighted by Gasteiger charge is -2.13. The zero-order valence-electron chi connectivity index (χ0n) is 11.2. The molecule has 1 saturated carbocycles. The van der Waals surface area contributed by atoms with Crippen molar-refractivity contribution in [1.82, 2.24) is 5.32 Å². The maximum atomic E-state index is 6.09. The number of nitrogens with one attached hydrogen (secondary N) is 1. The Morgan fingerprint density at radius 3 is 2.38 bits per heavy atom. The second kappa shape index (κ2) is 6.57. The first-order valence-electron chi connectivity index (χ1n) is 6.76. The lowest BCUT2D eigenvalue weighted by molar-refractivity contribution is 0.469. The Hall–Kier alpha value is -0.740. The van der Waals surface area contributed by atoms with Crippen molar-refractivity contribution in [3.05, 3.63) is 56.5 Å². The number of benzene rings is 2. The Balaban J connectivity index is 1.82. The fraction of sp³-hybridized carbons (Fsp3) is 0.250. The van der Waals surface area contributed by atoms with Crippen molar-refractivity contribution in [3.8, 4) is 11.5 Å². The highest BCUT2D eigenvalue weighted by Gasteiger charge is 2.21. The molecule has 0 aromatic heterocycles. The van der Waals surface area contributed by atoms with Gasteiger partial charge in [0.2, 0.25) is 0 Å². The molecule has 21 heavy (non-hydrogen) atoms. The van der Waals surface area contributed by atoms with E-state index >= 15 is 0 Å². The summed E-state index contributed by atoms with van der Waals surface area (Å²) in [4.78, 5) is 0. The molecule has 0 aliphatic heterocycles. The van der Waals surface area contributed by atoms with E-state index in [2.05, 4.69) is 21.2 Å². The van der Waals surface area contributed by atoms with Gasteiger partial charge in [-0.3, -0.25) is 0 Å². The van der Waals surface area contributed by atoms with Crippen LogP contribution < -0.4 is 10.1 Å². The highest BCUT2D eigenvalue weighted by molar-refractivity contribution is 9.10. The molecule has 110 valence electrons. The molecule has 0 amide bonds. The van der Waals surface area contributed by atoms with Gasteiger partial charge < -0.3 is 10.1 Å². The Morgan fingerprint density at radius 2 is 1.71 bits per heavy atom. The second-order valence-corrected chi connectivity index (χ2v) is 6.81. The van der Waals surface area contributed by atoms with Gasteiger partial charge in [-0.15, -0.1) is 0 Å². The van der Waals surface area contributed by atoms with Gasteiger partial charge in [0.15, 0.2) is 0 Å². The van der Waals surface area contributed by atoms with Gasteiger partial charge in [0, 0.05) is 28.2 Å². The SMILES string of the molecule is Clc1ccc(Oc2ccc(Cl)cc2CNC2CC2)c(Br)c1. The predicted molar refractivity (Wildman–Crippen MR) is 90.5 cm³/mol. The summed E-state index contributed by atoms with van der Waals surface area (Å²) in [6.07, 6.45) is 2.50. The standard InChI is InChI=1S/C16H14BrCl2NO/c17-14-8-12(19)2-6-16(14)21-15-5-1-11(18)7-10(15)9-20-13-3-4-13/h1-2,5-8,13,20H,3-4,9H2. The Kier molecular flexibility index (Phi) is 4.75. The van der Waals surface area contributed by atoms with E-state index in [1.54, 1.807) is 6.07 Å². The molecule has 0 atom stereocenters. The van der Waals surface area contributed by atoms with Gasteiger partial charge in [0.05, 0.1) is 4.47 Å². The third-order valence-electron chi connectivity index (χ3n) is 3.29. The topological polar surface area (TPSA) is 21.3 Å². The lowest BCUT2D eigenvalue weighted by atomic mass is 10.2. The van der Waals surface area contributed by atoms with Gasteiger partial charge >= 0.3 is 0 Å². The van der Waals surface area contributed by atoms with Crippen molar-refractivity contribution in [2.75, 3.05) is 0 Å². The number of rotatable bonds is 5. The molecular weight excluding hydrogens is 373 g/mol. The van der Waals surface area contributed by atoms with Crippen LogP contribution in [-0.2, 0) is 6.54 Å². The molecule has 1 N–H and O–H groups in total. The largest absolute Gasteiger partial charge is 0.456 e. The molecule has 0 bridgehead atoms. The number of hydrogen-bond donors (Lipinski definition) is 1.